The third-order valence-electron chi connectivity index (χ3n) is 3.27. The Morgan fingerprint density at radius 3 is 2.48 bits per heavy atom. The van der Waals surface area contributed by atoms with E-state index < -0.39 is 5.82 Å². The molecule has 2 aromatic rings. The normalized spacial score (nSPS) is 10.7. The largest absolute Gasteiger partial charge is 0.507 e. The van der Waals surface area contributed by atoms with Gasteiger partial charge in [0.15, 0.2) is 0 Å². The Bertz CT molecular complexity index is 626. The van der Waals surface area contributed by atoms with Crippen LogP contribution in [-0.2, 0) is 6.54 Å². The summed E-state index contributed by atoms with van der Waals surface area (Å²) in [7, 11) is 0. The van der Waals surface area contributed by atoms with Crippen molar-refractivity contribution < 1.29 is 14.3 Å². The van der Waals surface area contributed by atoms with Gasteiger partial charge in [0.05, 0.1) is 5.56 Å². The van der Waals surface area contributed by atoms with Gasteiger partial charge in [0.2, 0.25) is 0 Å². The second-order valence-electron chi connectivity index (χ2n) is 5.17. The number of phenols is 1. The molecule has 2 rings (SSSR count). The fourth-order valence-electron chi connectivity index (χ4n) is 2.10. The average molecular weight is 287 g/mol. The predicted octanol–water partition coefficient (Wildman–Crippen LogP) is 3.58. The fourth-order valence-corrected chi connectivity index (χ4v) is 2.10. The van der Waals surface area contributed by atoms with E-state index in [2.05, 4.69) is 0 Å². The van der Waals surface area contributed by atoms with Gasteiger partial charge in [-0.25, -0.2) is 4.39 Å². The summed E-state index contributed by atoms with van der Waals surface area (Å²) >= 11 is 0. The Kier molecular flexibility index (Phi) is 4.58. The highest BCUT2D eigenvalue weighted by atomic mass is 19.1. The minimum absolute atomic E-state index is 0.0142. The van der Waals surface area contributed by atoms with E-state index in [-0.39, 0.29) is 23.3 Å². The van der Waals surface area contributed by atoms with Gasteiger partial charge in [0, 0.05) is 12.6 Å². The Balaban J connectivity index is 2.30. The number of phenolic OH excluding ortho intramolecular Hbond substituents is 1. The highest BCUT2D eigenvalue weighted by Crippen LogP contribution is 2.22. The van der Waals surface area contributed by atoms with Crippen LogP contribution in [0.2, 0.25) is 0 Å². The van der Waals surface area contributed by atoms with E-state index in [4.69, 9.17) is 0 Å². The maximum absolute atomic E-state index is 13.3. The van der Waals surface area contributed by atoms with Gasteiger partial charge in [-0.3, -0.25) is 4.79 Å². The molecule has 0 heterocycles. The first kappa shape index (κ1) is 15.0. The van der Waals surface area contributed by atoms with Crippen LogP contribution in [0.5, 0.6) is 5.75 Å². The summed E-state index contributed by atoms with van der Waals surface area (Å²) in [6.45, 7) is 4.18. The van der Waals surface area contributed by atoms with E-state index in [9.17, 15) is 14.3 Å². The first-order valence-electron chi connectivity index (χ1n) is 6.82. The molecule has 0 saturated heterocycles. The zero-order valence-corrected chi connectivity index (χ0v) is 12.1. The van der Waals surface area contributed by atoms with Gasteiger partial charge in [0.1, 0.15) is 11.6 Å². The highest BCUT2D eigenvalue weighted by Gasteiger charge is 2.22. The summed E-state index contributed by atoms with van der Waals surface area (Å²) in [6.07, 6.45) is 0. The molecular weight excluding hydrogens is 269 g/mol. The number of aromatic hydroxyl groups is 1. The maximum Gasteiger partial charge on any atom is 0.258 e. The number of nitrogens with zero attached hydrogens (tertiary/aromatic N) is 1. The molecular formula is C17H18FNO2. The minimum Gasteiger partial charge on any atom is -0.507 e. The summed E-state index contributed by atoms with van der Waals surface area (Å²) in [5.74, 6) is -1.13. The van der Waals surface area contributed by atoms with Gasteiger partial charge >= 0.3 is 0 Å². The minimum atomic E-state index is -0.542. The summed E-state index contributed by atoms with van der Waals surface area (Å²) in [5.41, 5.74) is 0.968. The second kappa shape index (κ2) is 6.39. The lowest BCUT2D eigenvalue weighted by Crippen LogP contribution is -2.36. The molecule has 0 atom stereocenters. The number of amides is 1. The van der Waals surface area contributed by atoms with E-state index in [1.54, 1.807) is 4.90 Å². The molecule has 0 fully saturated rings. The molecule has 110 valence electrons. The van der Waals surface area contributed by atoms with Crippen LogP contribution in [-0.4, -0.2) is 22.0 Å². The summed E-state index contributed by atoms with van der Waals surface area (Å²) in [6, 6.07) is 12.9. The monoisotopic (exact) mass is 287 g/mol. The molecule has 0 aliphatic heterocycles. The number of carbonyl (C=O) groups excluding carboxylic acids is 1. The molecule has 0 bridgehead atoms. The Morgan fingerprint density at radius 2 is 1.86 bits per heavy atom. The number of hydrogen-bond donors (Lipinski definition) is 1. The zero-order valence-electron chi connectivity index (χ0n) is 12.1. The smallest absolute Gasteiger partial charge is 0.258 e. The van der Waals surface area contributed by atoms with Crippen molar-refractivity contribution in [1.29, 1.82) is 0 Å². The van der Waals surface area contributed by atoms with Crippen molar-refractivity contribution in [2.45, 2.75) is 26.4 Å². The van der Waals surface area contributed by atoms with Gasteiger partial charge in [-0.05, 0) is 37.6 Å². The molecule has 0 radical (unpaired) electrons. The molecule has 0 aliphatic carbocycles. The highest BCUT2D eigenvalue weighted by molar-refractivity contribution is 5.97. The SMILES string of the molecule is CC(C)N(Cc1ccccc1)C(=O)c1cc(F)ccc1O. The van der Waals surface area contributed by atoms with Crippen molar-refractivity contribution in [3.05, 3.63) is 65.5 Å². The van der Waals surface area contributed by atoms with E-state index in [0.29, 0.717) is 6.54 Å². The van der Waals surface area contributed by atoms with Crippen molar-refractivity contribution >= 4 is 5.91 Å². The lowest BCUT2D eigenvalue weighted by atomic mass is 10.1. The second-order valence-corrected chi connectivity index (χ2v) is 5.17. The molecule has 0 aliphatic rings. The molecule has 0 saturated carbocycles. The van der Waals surface area contributed by atoms with Gasteiger partial charge in [-0.15, -0.1) is 0 Å². The third-order valence-corrected chi connectivity index (χ3v) is 3.27. The quantitative estimate of drug-likeness (QED) is 0.933. The van der Waals surface area contributed by atoms with Crippen LogP contribution in [0.4, 0.5) is 4.39 Å². The van der Waals surface area contributed by atoms with Crippen LogP contribution in [0.1, 0.15) is 29.8 Å². The first-order valence-corrected chi connectivity index (χ1v) is 6.82. The number of benzene rings is 2. The topological polar surface area (TPSA) is 40.5 Å². The Morgan fingerprint density at radius 1 is 1.19 bits per heavy atom. The predicted molar refractivity (Wildman–Crippen MR) is 79.5 cm³/mol. The van der Waals surface area contributed by atoms with E-state index in [1.165, 1.54) is 6.07 Å². The Labute approximate surface area is 123 Å². The standard InChI is InChI=1S/C17H18FNO2/c1-12(2)19(11-13-6-4-3-5-7-13)17(21)15-10-14(18)8-9-16(15)20/h3-10,12,20H,11H2,1-2H3. The van der Waals surface area contributed by atoms with Gasteiger partial charge < -0.3 is 10.0 Å². The molecule has 2 aromatic carbocycles. The lowest BCUT2D eigenvalue weighted by molar-refractivity contribution is 0.0686. The number of carbonyl (C=O) groups is 1. The molecule has 3 nitrogen and oxygen atoms in total. The van der Waals surface area contributed by atoms with Crippen LogP contribution in [0, 0.1) is 5.82 Å². The average Bonchev–Trinajstić information content (AvgIpc) is 2.47. The van der Waals surface area contributed by atoms with E-state index in [1.807, 2.05) is 44.2 Å². The van der Waals surface area contributed by atoms with Crippen molar-refractivity contribution in [1.82, 2.24) is 4.90 Å². The summed E-state index contributed by atoms with van der Waals surface area (Å²) in [5, 5.41) is 9.79. The fraction of sp³-hybridized carbons (Fsp3) is 0.235. The molecule has 0 aromatic heterocycles. The lowest BCUT2D eigenvalue weighted by Gasteiger charge is -2.27. The van der Waals surface area contributed by atoms with Gasteiger partial charge in [-0.2, -0.15) is 0 Å². The van der Waals surface area contributed by atoms with Gasteiger partial charge in [0.25, 0.3) is 5.91 Å². The van der Waals surface area contributed by atoms with Crippen LogP contribution >= 0.6 is 0 Å². The molecule has 1 N–H and O–H groups in total. The van der Waals surface area contributed by atoms with Crippen molar-refractivity contribution in [3.8, 4) is 5.75 Å². The first-order chi connectivity index (χ1) is 9.99. The van der Waals surface area contributed by atoms with Crippen LogP contribution in [0.25, 0.3) is 0 Å². The maximum atomic E-state index is 13.3. The molecule has 21 heavy (non-hydrogen) atoms. The van der Waals surface area contributed by atoms with E-state index >= 15 is 0 Å². The van der Waals surface area contributed by atoms with Crippen molar-refractivity contribution in [2.24, 2.45) is 0 Å². The molecule has 0 unspecified atom stereocenters. The number of hydrogen-bond acceptors (Lipinski definition) is 2. The van der Waals surface area contributed by atoms with Crippen LogP contribution in [0.15, 0.2) is 48.5 Å². The number of halogens is 1. The van der Waals surface area contributed by atoms with Crippen LogP contribution in [0.3, 0.4) is 0 Å². The molecule has 4 heteroatoms. The summed E-state index contributed by atoms with van der Waals surface area (Å²) < 4.78 is 13.3. The van der Waals surface area contributed by atoms with E-state index in [0.717, 1.165) is 17.7 Å². The van der Waals surface area contributed by atoms with Crippen molar-refractivity contribution in [2.75, 3.05) is 0 Å². The molecule has 1 amide bonds. The van der Waals surface area contributed by atoms with Crippen LogP contribution < -0.4 is 0 Å². The molecule has 0 spiro atoms. The number of rotatable bonds is 4. The third kappa shape index (κ3) is 3.60. The van der Waals surface area contributed by atoms with Gasteiger partial charge in [-0.1, -0.05) is 30.3 Å². The summed E-state index contributed by atoms with van der Waals surface area (Å²) in [4.78, 5) is 14.2. The van der Waals surface area contributed by atoms with Crippen molar-refractivity contribution in [3.63, 3.8) is 0 Å². The Hall–Kier alpha value is -2.36. The zero-order chi connectivity index (χ0) is 15.4.